The number of halogens is 2. The summed E-state index contributed by atoms with van der Waals surface area (Å²) in [6.07, 6.45) is 0. The van der Waals surface area contributed by atoms with Crippen molar-refractivity contribution in [2.24, 2.45) is 7.05 Å². The van der Waals surface area contributed by atoms with E-state index in [0.717, 1.165) is 11.0 Å². The molecule has 5 heteroatoms. The molecule has 2 aromatic carbocycles. The summed E-state index contributed by atoms with van der Waals surface area (Å²) in [5.74, 6) is 0.152. The Labute approximate surface area is 119 Å². The molecule has 0 spiro atoms. The summed E-state index contributed by atoms with van der Waals surface area (Å²) in [7, 11) is 1.83. The monoisotopic (exact) mass is 285 g/mol. The fraction of sp³-hybridized carbons (Fsp3) is 0.0667. The van der Waals surface area contributed by atoms with Crippen LogP contribution < -0.4 is 0 Å². The van der Waals surface area contributed by atoms with Gasteiger partial charge in [0, 0.05) is 12.6 Å². The van der Waals surface area contributed by atoms with Crippen LogP contribution in [0.25, 0.3) is 22.4 Å². The first-order valence-corrected chi connectivity index (χ1v) is 6.30. The van der Waals surface area contributed by atoms with Crippen molar-refractivity contribution < 1.29 is 4.39 Å². The number of benzene rings is 2. The molecule has 0 bridgehead atoms. The molecule has 0 N–H and O–H groups in total. The maximum Gasteiger partial charge on any atom is 0.142 e. The summed E-state index contributed by atoms with van der Waals surface area (Å²) in [5, 5.41) is 9.02. The molecular weight excluding hydrogens is 277 g/mol. The average Bonchev–Trinajstić information content (AvgIpc) is 2.79. The molecule has 1 aromatic heterocycles. The first kappa shape index (κ1) is 12.6. The molecule has 3 aromatic rings. The van der Waals surface area contributed by atoms with Crippen molar-refractivity contribution in [2.75, 3.05) is 0 Å². The van der Waals surface area contributed by atoms with Crippen LogP contribution in [0.2, 0.25) is 5.02 Å². The van der Waals surface area contributed by atoms with E-state index >= 15 is 0 Å². The zero-order valence-corrected chi connectivity index (χ0v) is 11.3. The van der Waals surface area contributed by atoms with Crippen LogP contribution in [0, 0.1) is 17.1 Å². The summed E-state index contributed by atoms with van der Waals surface area (Å²) in [6, 6.07) is 11.9. The molecule has 0 aliphatic heterocycles. The van der Waals surface area contributed by atoms with E-state index in [9.17, 15) is 4.39 Å². The Kier molecular flexibility index (Phi) is 2.92. The Morgan fingerprint density at radius 3 is 2.75 bits per heavy atom. The number of imidazole rings is 1. The molecule has 0 fully saturated rings. The number of rotatable bonds is 1. The Hall–Kier alpha value is -2.38. The van der Waals surface area contributed by atoms with Crippen LogP contribution in [-0.2, 0) is 7.05 Å². The lowest BCUT2D eigenvalue weighted by Crippen LogP contribution is -1.93. The number of nitrogens with zero attached hydrogens (tertiary/aromatic N) is 3. The topological polar surface area (TPSA) is 41.6 Å². The SMILES string of the molecule is Cn1c(-c2ccc(Cl)c(F)c2)nc2ccc(C#N)cc21. The first-order chi connectivity index (χ1) is 9.60. The minimum Gasteiger partial charge on any atom is -0.327 e. The van der Waals surface area contributed by atoms with E-state index in [-0.39, 0.29) is 5.02 Å². The molecule has 0 saturated carbocycles. The fourth-order valence-corrected chi connectivity index (χ4v) is 2.27. The van der Waals surface area contributed by atoms with E-state index in [1.807, 2.05) is 11.6 Å². The number of nitriles is 1. The molecule has 0 aliphatic carbocycles. The van der Waals surface area contributed by atoms with Crippen molar-refractivity contribution in [3.8, 4) is 17.5 Å². The molecule has 0 saturated heterocycles. The van der Waals surface area contributed by atoms with Crippen LogP contribution in [0.5, 0.6) is 0 Å². The second-order valence-electron chi connectivity index (χ2n) is 4.44. The van der Waals surface area contributed by atoms with Gasteiger partial charge in [0.25, 0.3) is 0 Å². The van der Waals surface area contributed by atoms with Crippen LogP contribution in [0.15, 0.2) is 36.4 Å². The summed E-state index contributed by atoms with van der Waals surface area (Å²) in [6.45, 7) is 0. The Morgan fingerprint density at radius 2 is 2.05 bits per heavy atom. The predicted octanol–water partition coefficient (Wildman–Crippen LogP) is 3.90. The van der Waals surface area contributed by atoms with Crippen LogP contribution in [0.3, 0.4) is 0 Å². The van der Waals surface area contributed by atoms with Gasteiger partial charge in [0.1, 0.15) is 11.6 Å². The normalized spacial score (nSPS) is 10.7. The van der Waals surface area contributed by atoms with E-state index < -0.39 is 5.82 Å². The molecule has 3 nitrogen and oxygen atoms in total. The number of fused-ring (bicyclic) bond motifs is 1. The summed E-state index contributed by atoms with van der Waals surface area (Å²) >= 11 is 5.69. The standard InChI is InChI=1S/C15H9ClFN3/c1-20-14-6-9(8-18)2-5-13(14)19-15(20)10-3-4-11(16)12(17)7-10/h2-7H,1H3. The van der Waals surface area contributed by atoms with Gasteiger partial charge in [0.05, 0.1) is 27.7 Å². The van der Waals surface area contributed by atoms with Gasteiger partial charge in [-0.1, -0.05) is 11.6 Å². The van der Waals surface area contributed by atoms with Crippen LogP contribution in [0.4, 0.5) is 4.39 Å². The maximum atomic E-state index is 13.6. The van der Waals surface area contributed by atoms with Crippen LogP contribution in [-0.4, -0.2) is 9.55 Å². The largest absolute Gasteiger partial charge is 0.327 e. The van der Waals surface area contributed by atoms with E-state index in [2.05, 4.69) is 11.1 Å². The summed E-state index contributed by atoms with van der Waals surface area (Å²) in [4.78, 5) is 4.47. The average molecular weight is 286 g/mol. The predicted molar refractivity (Wildman–Crippen MR) is 75.8 cm³/mol. The highest BCUT2D eigenvalue weighted by Crippen LogP contribution is 2.27. The fourth-order valence-electron chi connectivity index (χ4n) is 2.15. The first-order valence-electron chi connectivity index (χ1n) is 5.92. The smallest absolute Gasteiger partial charge is 0.142 e. The zero-order valence-electron chi connectivity index (χ0n) is 10.6. The molecule has 0 unspecified atom stereocenters. The molecule has 98 valence electrons. The molecule has 0 aliphatic rings. The molecule has 0 amide bonds. The van der Waals surface area contributed by atoms with Crippen molar-refractivity contribution in [3.63, 3.8) is 0 Å². The Bertz CT molecular complexity index is 861. The highest BCUT2D eigenvalue weighted by Gasteiger charge is 2.12. The van der Waals surface area contributed by atoms with Gasteiger partial charge >= 0.3 is 0 Å². The lowest BCUT2D eigenvalue weighted by atomic mass is 10.2. The van der Waals surface area contributed by atoms with Crippen molar-refractivity contribution >= 4 is 22.6 Å². The maximum absolute atomic E-state index is 13.6. The van der Waals surface area contributed by atoms with E-state index in [4.69, 9.17) is 16.9 Å². The second-order valence-corrected chi connectivity index (χ2v) is 4.85. The third-order valence-corrected chi connectivity index (χ3v) is 3.49. The van der Waals surface area contributed by atoms with Gasteiger partial charge in [0.2, 0.25) is 0 Å². The van der Waals surface area contributed by atoms with E-state index in [1.165, 1.54) is 12.1 Å². The van der Waals surface area contributed by atoms with Gasteiger partial charge < -0.3 is 4.57 Å². The van der Waals surface area contributed by atoms with Crippen molar-refractivity contribution in [1.82, 2.24) is 9.55 Å². The number of aryl methyl sites for hydroxylation is 1. The van der Waals surface area contributed by atoms with Gasteiger partial charge in [0.15, 0.2) is 0 Å². The zero-order chi connectivity index (χ0) is 14.3. The third-order valence-electron chi connectivity index (χ3n) is 3.19. The molecule has 20 heavy (non-hydrogen) atoms. The quantitative estimate of drug-likeness (QED) is 0.680. The van der Waals surface area contributed by atoms with Gasteiger partial charge in [-0.3, -0.25) is 0 Å². The minimum absolute atomic E-state index is 0.0827. The van der Waals surface area contributed by atoms with Gasteiger partial charge in [-0.15, -0.1) is 0 Å². The second kappa shape index (κ2) is 4.62. The molecule has 3 rings (SSSR count). The highest BCUT2D eigenvalue weighted by atomic mass is 35.5. The van der Waals surface area contributed by atoms with Crippen LogP contribution in [0.1, 0.15) is 5.56 Å². The van der Waals surface area contributed by atoms with Crippen molar-refractivity contribution in [2.45, 2.75) is 0 Å². The molecule has 0 radical (unpaired) electrons. The minimum atomic E-state index is -0.478. The Balaban J connectivity index is 2.24. The highest BCUT2D eigenvalue weighted by molar-refractivity contribution is 6.30. The van der Waals surface area contributed by atoms with Crippen molar-refractivity contribution in [1.29, 1.82) is 5.26 Å². The molecule has 1 heterocycles. The lowest BCUT2D eigenvalue weighted by Gasteiger charge is -2.03. The Morgan fingerprint density at radius 1 is 1.25 bits per heavy atom. The third kappa shape index (κ3) is 1.93. The number of hydrogen-bond acceptors (Lipinski definition) is 2. The van der Waals surface area contributed by atoms with Gasteiger partial charge in [-0.2, -0.15) is 5.26 Å². The van der Waals surface area contributed by atoms with Crippen LogP contribution >= 0.6 is 11.6 Å². The van der Waals surface area contributed by atoms with Gasteiger partial charge in [-0.05, 0) is 36.4 Å². The lowest BCUT2D eigenvalue weighted by molar-refractivity contribution is 0.628. The molecular formula is C15H9ClFN3. The van der Waals surface area contributed by atoms with E-state index in [1.54, 1.807) is 24.3 Å². The van der Waals surface area contributed by atoms with E-state index in [0.29, 0.717) is 17.0 Å². The van der Waals surface area contributed by atoms with Crippen molar-refractivity contribution in [3.05, 3.63) is 52.8 Å². The summed E-state index contributed by atoms with van der Waals surface area (Å²) < 4.78 is 15.4. The molecule has 0 atom stereocenters. The number of aromatic nitrogens is 2. The van der Waals surface area contributed by atoms with Gasteiger partial charge in [-0.25, -0.2) is 9.37 Å². The summed E-state index contributed by atoms with van der Waals surface area (Å²) in [5.41, 5.74) is 2.80. The number of hydrogen-bond donors (Lipinski definition) is 0.